The van der Waals surface area contributed by atoms with Crippen molar-refractivity contribution in [2.45, 2.75) is 0 Å². The minimum atomic E-state index is -0.639. The van der Waals surface area contributed by atoms with Crippen LogP contribution in [0.25, 0.3) is 23.0 Å². The summed E-state index contributed by atoms with van der Waals surface area (Å²) in [4.78, 5) is 16.8. The summed E-state index contributed by atoms with van der Waals surface area (Å²) in [5.41, 5.74) is 1.81. The van der Waals surface area contributed by atoms with Crippen LogP contribution in [0.15, 0.2) is 73.6 Å². The van der Waals surface area contributed by atoms with E-state index in [1.807, 2.05) is 72.0 Å². The number of pyridine rings is 2. The average Bonchev–Trinajstić information content (AvgIpc) is 3.32. The Kier molecular flexibility index (Phi) is 9.13. The van der Waals surface area contributed by atoms with E-state index in [-0.39, 0.29) is 0 Å². The Hall–Kier alpha value is -2.06. The number of imidazole rings is 2. The molecule has 4 aromatic heterocycles. The summed E-state index contributed by atoms with van der Waals surface area (Å²) in [6, 6.07) is 11.6. The summed E-state index contributed by atoms with van der Waals surface area (Å²) in [5, 5.41) is 0. The Morgan fingerprint density at radius 2 is 1.07 bits per heavy atom. The Balaban J connectivity index is 0.000000170. The number of hydrogen-bond acceptors (Lipinski definition) is 4. The molecule has 0 N–H and O–H groups in total. The van der Waals surface area contributed by atoms with E-state index in [4.69, 9.17) is 19.3 Å². The molecule has 0 radical (unpaired) electrons. The standard InChI is InChI=1S/2C9H9N3.2ClH.Os/c2*1-12-7-6-11-9(12)8-4-2-3-5-10-8;;;/h2*2-7H,1H3;2*1H;/q;;;;+2/p-2. The summed E-state index contributed by atoms with van der Waals surface area (Å²) < 4.78 is 3.89. The predicted octanol–water partition coefficient (Wildman–Crippen LogP) is 4.34. The molecule has 27 heavy (non-hydrogen) atoms. The van der Waals surface area contributed by atoms with Crippen molar-refractivity contribution < 1.29 is 15.4 Å². The molecule has 0 spiro atoms. The van der Waals surface area contributed by atoms with E-state index in [0.29, 0.717) is 0 Å². The van der Waals surface area contributed by atoms with Crippen molar-refractivity contribution in [3.63, 3.8) is 0 Å². The molecule has 4 aromatic rings. The number of rotatable bonds is 2. The fourth-order valence-corrected chi connectivity index (χ4v) is 2.21. The van der Waals surface area contributed by atoms with Gasteiger partial charge < -0.3 is 9.13 Å². The maximum absolute atomic E-state index is 4.90. The van der Waals surface area contributed by atoms with E-state index < -0.39 is 15.4 Å². The molecule has 4 heterocycles. The third-order valence-corrected chi connectivity index (χ3v) is 3.43. The van der Waals surface area contributed by atoms with Crippen LogP contribution in [-0.4, -0.2) is 29.1 Å². The molecule has 0 aliphatic rings. The van der Waals surface area contributed by atoms with Crippen LogP contribution in [0, 0.1) is 0 Å². The van der Waals surface area contributed by atoms with Gasteiger partial charge in [-0.3, -0.25) is 9.97 Å². The van der Waals surface area contributed by atoms with E-state index in [1.54, 1.807) is 24.8 Å². The van der Waals surface area contributed by atoms with E-state index >= 15 is 0 Å². The summed E-state index contributed by atoms with van der Waals surface area (Å²) in [7, 11) is 13.7. The fraction of sp³-hybridized carbons (Fsp3) is 0.111. The maximum atomic E-state index is 4.90. The van der Waals surface area contributed by atoms with Gasteiger partial charge >= 0.3 is 34.7 Å². The molecule has 0 atom stereocenters. The van der Waals surface area contributed by atoms with Gasteiger partial charge in [-0.1, -0.05) is 12.1 Å². The monoisotopic (exact) mass is 580 g/mol. The van der Waals surface area contributed by atoms with Gasteiger partial charge in [0.05, 0.1) is 0 Å². The number of nitrogens with zero attached hydrogens (tertiary/aromatic N) is 6. The van der Waals surface area contributed by atoms with E-state index in [1.165, 1.54) is 0 Å². The van der Waals surface area contributed by atoms with Crippen molar-refractivity contribution >= 4 is 19.3 Å². The van der Waals surface area contributed by atoms with E-state index in [0.717, 1.165) is 23.0 Å². The van der Waals surface area contributed by atoms with Crippen LogP contribution in [0.3, 0.4) is 0 Å². The van der Waals surface area contributed by atoms with Crippen LogP contribution in [-0.2, 0) is 29.5 Å². The molecular weight excluding hydrogens is 561 g/mol. The number of aryl methyl sites for hydroxylation is 2. The molecule has 4 rings (SSSR count). The molecule has 9 heteroatoms. The third-order valence-electron chi connectivity index (χ3n) is 3.43. The fourth-order valence-electron chi connectivity index (χ4n) is 2.21. The van der Waals surface area contributed by atoms with Gasteiger partial charge in [0.15, 0.2) is 11.6 Å². The predicted molar refractivity (Wildman–Crippen MR) is 105 cm³/mol. The molecule has 6 nitrogen and oxygen atoms in total. The average molecular weight is 580 g/mol. The Labute approximate surface area is 174 Å². The van der Waals surface area contributed by atoms with Crippen molar-refractivity contribution in [2.75, 3.05) is 0 Å². The van der Waals surface area contributed by atoms with Gasteiger partial charge in [-0.2, -0.15) is 0 Å². The minimum absolute atomic E-state index is 0.639. The second-order valence-electron chi connectivity index (χ2n) is 5.20. The third kappa shape index (κ3) is 6.55. The van der Waals surface area contributed by atoms with Crippen LogP contribution < -0.4 is 0 Å². The second-order valence-corrected chi connectivity index (χ2v) is 8.87. The van der Waals surface area contributed by atoms with Gasteiger partial charge in [0.1, 0.15) is 11.4 Å². The van der Waals surface area contributed by atoms with Gasteiger partial charge in [-0.25, -0.2) is 9.97 Å². The van der Waals surface area contributed by atoms with Gasteiger partial charge in [0.25, 0.3) is 0 Å². The van der Waals surface area contributed by atoms with Crippen molar-refractivity contribution in [3.05, 3.63) is 73.6 Å². The first-order chi connectivity index (χ1) is 13.2. The first-order valence-corrected chi connectivity index (χ1v) is 14.1. The zero-order valence-corrected chi connectivity index (χ0v) is 18.8. The summed E-state index contributed by atoms with van der Waals surface area (Å²) >= 11 is -0.639. The molecular formula is C18H18Cl2N6Os. The summed E-state index contributed by atoms with van der Waals surface area (Å²) in [6.07, 6.45) is 10.9. The first-order valence-electron chi connectivity index (χ1n) is 7.80. The first kappa shape index (κ1) is 21.2. The number of aromatic nitrogens is 6. The summed E-state index contributed by atoms with van der Waals surface area (Å²) in [5.74, 6) is 1.80. The Bertz CT molecular complexity index is 836. The van der Waals surface area contributed by atoms with E-state index in [2.05, 4.69) is 19.9 Å². The normalized spacial score (nSPS) is 9.78. The Morgan fingerprint density at radius 1 is 0.667 bits per heavy atom. The van der Waals surface area contributed by atoms with Crippen LogP contribution >= 0.6 is 19.3 Å². The van der Waals surface area contributed by atoms with Crippen LogP contribution in [0.2, 0.25) is 0 Å². The zero-order valence-electron chi connectivity index (χ0n) is 14.7. The van der Waals surface area contributed by atoms with Crippen LogP contribution in [0.1, 0.15) is 0 Å². The molecule has 0 saturated carbocycles. The molecule has 0 fully saturated rings. The van der Waals surface area contributed by atoms with Gasteiger partial charge in [0, 0.05) is 51.3 Å². The van der Waals surface area contributed by atoms with Crippen LogP contribution in [0.5, 0.6) is 0 Å². The van der Waals surface area contributed by atoms with Crippen LogP contribution in [0.4, 0.5) is 0 Å². The quantitative estimate of drug-likeness (QED) is 0.355. The molecule has 0 aliphatic carbocycles. The van der Waals surface area contributed by atoms with Crippen molar-refractivity contribution in [2.24, 2.45) is 14.1 Å². The molecule has 0 aromatic carbocycles. The van der Waals surface area contributed by atoms with Crippen molar-refractivity contribution in [1.82, 2.24) is 29.1 Å². The van der Waals surface area contributed by atoms with Crippen molar-refractivity contribution in [3.8, 4) is 23.0 Å². The van der Waals surface area contributed by atoms with Gasteiger partial charge in [0.2, 0.25) is 0 Å². The Morgan fingerprint density at radius 3 is 1.33 bits per heavy atom. The summed E-state index contributed by atoms with van der Waals surface area (Å²) in [6.45, 7) is 0. The zero-order chi connectivity index (χ0) is 19.5. The van der Waals surface area contributed by atoms with Gasteiger partial charge in [-0.05, 0) is 24.3 Å². The molecule has 0 aliphatic heterocycles. The number of hydrogen-bond donors (Lipinski definition) is 0. The molecule has 0 unspecified atom stereocenters. The molecule has 0 saturated heterocycles. The SMILES string of the molecule is Cn1ccnc1-c1ccccn1.Cn1ccnc1-c1ccccn1.[Cl][Os][Cl]. The topological polar surface area (TPSA) is 61.4 Å². The second kappa shape index (κ2) is 11.6. The number of halogens is 2. The molecule has 142 valence electrons. The molecule has 0 bridgehead atoms. The molecule has 0 amide bonds. The van der Waals surface area contributed by atoms with Crippen molar-refractivity contribution in [1.29, 1.82) is 0 Å². The van der Waals surface area contributed by atoms with Gasteiger partial charge in [-0.15, -0.1) is 0 Å². The van der Waals surface area contributed by atoms with E-state index in [9.17, 15) is 0 Å².